The average Bonchev–Trinajstić information content (AvgIpc) is 2.82. The molecule has 0 saturated heterocycles. The highest BCUT2D eigenvalue weighted by molar-refractivity contribution is 7.17. The van der Waals surface area contributed by atoms with Crippen molar-refractivity contribution >= 4 is 27.2 Å². The molecule has 0 amide bonds. The summed E-state index contributed by atoms with van der Waals surface area (Å²) < 4.78 is 1.23. The van der Waals surface area contributed by atoms with E-state index in [0.29, 0.717) is 12.0 Å². The summed E-state index contributed by atoms with van der Waals surface area (Å²) in [5.41, 5.74) is 2.81. The van der Waals surface area contributed by atoms with E-state index in [-0.39, 0.29) is 5.78 Å². The van der Waals surface area contributed by atoms with Crippen LogP contribution in [0.1, 0.15) is 21.5 Å². The lowest BCUT2D eigenvalue weighted by Gasteiger charge is -2.01. The predicted molar refractivity (Wildman–Crippen MR) is 78.8 cm³/mol. The van der Waals surface area contributed by atoms with Gasteiger partial charge in [0.2, 0.25) is 0 Å². The number of aromatic nitrogens is 1. The standard InChI is InChI=1S/C16H13NOS/c1-11-6-12(9-17-8-11)15(18)7-13-10-19-16-5-3-2-4-14(13)16/h2-6,8-10H,7H2,1H3. The minimum absolute atomic E-state index is 0.125. The number of Topliss-reactive ketones (excluding diaryl/α,β-unsaturated/α-hetero) is 1. The van der Waals surface area contributed by atoms with Crippen LogP contribution in [0.5, 0.6) is 0 Å². The van der Waals surface area contributed by atoms with Crippen LogP contribution in [-0.2, 0) is 6.42 Å². The molecule has 0 aliphatic carbocycles. The second-order valence-electron chi connectivity index (χ2n) is 4.61. The lowest BCUT2D eigenvalue weighted by Crippen LogP contribution is -2.03. The molecule has 2 aromatic heterocycles. The summed E-state index contributed by atoms with van der Waals surface area (Å²) in [7, 11) is 0. The number of ketones is 1. The molecule has 3 aromatic rings. The molecule has 3 heteroatoms. The van der Waals surface area contributed by atoms with Gasteiger partial charge < -0.3 is 0 Å². The highest BCUT2D eigenvalue weighted by atomic mass is 32.1. The van der Waals surface area contributed by atoms with E-state index < -0.39 is 0 Å². The Kier molecular flexibility index (Phi) is 3.13. The van der Waals surface area contributed by atoms with Crippen molar-refractivity contribution in [3.8, 4) is 0 Å². The van der Waals surface area contributed by atoms with Crippen molar-refractivity contribution in [1.29, 1.82) is 0 Å². The van der Waals surface area contributed by atoms with Crippen LogP contribution in [-0.4, -0.2) is 10.8 Å². The molecule has 0 radical (unpaired) electrons. The third kappa shape index (κ3) is 2.42. The molecule has 0 N–H and O–H groups in total. The predicted octanol–water partition coefficient (Wildman–Crippen LogP) is 4.03. The van der Waals surface area contributed by atoms with Gasteiger partial charge in [0.1, 0.15) is 0 Å². The second kappa shape index (κ2) is 4.94. The molecule has 0 atom stereocenters. The molecule has 1 aromatic carbocycles. The molecule has 0 aliphatic rings. The van der Waals surface area contributed by atoms with Crippen molar-refractivity contribution in [3.05, 3.63) is 64.8 Å². The Labute approximate surface area is 115 Å². The molecular weight excluding hydrogens is 254 g/mol. The van der Waals surface area contributed by atoms with Crippen molar-refractivity contribution in [2.24, 2.45) is 0 Å². The van der Waals surface area contributed by atoms with Crippen LogP contribution >= 0.6 is 11.3 Å². The lowest BCUT2D eigenvalue weighted by atomic mass is 10.0. The van der Waals surface area contributed by atoms with E-state index >= 15 is 0 Å². The molecular formula is C16H13NOS. The van der Waals surface area contributed by atoms with Crippen LogP contribution in [0.3, 0.4) is 0 Å². The van der Waals surface area contributed by atoms with Gasteiger partial charge in [-0.25, -0.2) is 0 Å². The monoisotopic (exact) mass is 267 g/mol. The quantitative estimate of drug-likeness (QED) is 0.671. The zero-order valence-electron chi connectivity index (χ0n) is 10.6. The van der Waals surface area contributed by atoms with Crippen LogP contribution in [0.2, 0.25) is 0 Å². The molecule has 0 aliphatic heterocycles. The zero-order valence-corrected chi connectivity index (χ0v) is 11.4. The number of thiophene rings is 1. The van der Waals surface area contributed by atoms with Gasteiger partial charge in [-0.05, 0) is 40.9 Å². The number of rotatable bonds is 3. The largest absolute Gasteiger partial charge is 0.294 e. The van der Waals surface area contributed by atoms with Gasteiger partial charge in [-0.15, -0.1) is 11.3 Å². The highest BCUT2D eigenvalue weighted by Gasteiger charge is 2.11. The maximum Gasteiger partial charge on any atom is 0.168 e. The van der Waals surface area contributed by atoms with Crippen molar-refractivity contribution in [1.82, 2.24) is 4.98 Å². The number of nitrogens with zero attached hydrogens (tertiary/aromatic N) is 1. The van der Waals surface area contributed by atoms with Crippen molar-refractivity contribution < 1.29 is 4.79 Å². The molecule has 0 fully saturated rings. The summed E-state index contributed by atoms with van der Waals surface area (Å²) in [5, 5.41) is 3.26. The fourth-order valence-corrected chi connectivity index (χ4v) is 3.11. The first-order chi connectivity index (χ1) is 9.24. The Morgan fingerprint density at radius 3 is 2.95 bits per heavy atom. The van der Waals surface area contributed by atoms with Crippen molar-refractivity contribution in [2.75, 3.05) is 0 Å². The Morgan fingerprint density at radius 2 is 2.11 bits per heavy atom. The first kappa shape index (κ1) is 12.1. The molecule has 0 unspecified atom stereocenters. The molecule has 0 bridgehead atoms. The summed E-state index contributed by atoms with van der Waals surface area (Å²) in [6, 6.07) is 10.1. The number of fused-ring (bicyclic) bond motifs is 1. The molecule has 94 valence electrons. The smallest absolute Gasteiger partial charge is 0.168 e. The molecule has 0 saturated carbocycles. The fourth-order valence-electron chi connectivity index (χ4n) is 2.15. The van der Waals surface area contributed by atoms with Gasteiger partial charge in [-0.3, -0.25) is 9.78 Å². The van der Waals surface area contributed by atoms with Crippen LogP contribution in [0.25, 0.3) is 10.1 Å². The number of pyridine rings is 1. The van der Waals surface area contributed by atoms with Gasteiger partial charge in [0.15, 0.2) is 5.78 Å². The Bertz CT molecular complexity index is 745. The van der Waals surface area contributed by atoms with Gasteiger partial charge in [0, 0.05) is 29.1 Å². The second-order valence-corrected chi connectivity index (χ2v) is 5.52. The first-order valence-electron chi connectivity index (χ1n) is 6.14. The number of hydrogen-bond acceptors (Lipinski definition) is 3. The zero-order chi connectivity index (χ0) is 13.2. The number of aryl methyl sites for hydroxylation is 1. The van der Waals surface area contributed by atoms with E-state index in [1.165, 1.54) is 10.1 Å². The Balaban J connectivity index is 1.91. The minimum atomic E-state index is 0.125. The highest BCUT2D eigenvalue weighted by Crippen LogP contribution is 2.26. The summed E-state index contributed by atoms with van der Waals surface area (Å²) in [6.07, 6.45) is 3.84. The molecule has 2 heterocycles. The molecule has 2 nitrogen and oxygen atoms in total. The van der Waals surface area contributed by atoms with E-state index in [1.54, 1.807) is 23.7 Å². The number of carbonyl (C=O) groups excluding carboxylic acids is 1. The van der Waals surface area contributed by atoms with Crippen molar-refractivity contribution in [2.45, 2.75) is 13.3 Å². The maximum absolute atomic E-state index is 12.3. The third-order valence-electron chi connectivity index (χ3n) is 3.11. The van der Waals surface area contributed by atoms with E-state index in [4.69, 9.17) is 0 Å². The van der Waals surface area contributed by atoms with Gasteiger partial charge in [-0.2, -0.15) is 0 Å². The van der Waals surface area contributed by atoms with Crippen molar-refractivity contribution in [3.63, 3.8) is 0 Å². The van der Waals surface area contributed by atoms with Crippen LogP contribution in [0.15, 0.2) is 48.1 Å². The topological polar surface area (TPSA) is 30.0 Å². The van der Waals surface area contributed by atoms with Crippen LogP contribution < -0.4 is 0 Å². The number of benzene rings is 1. The number of hydrogen-bond donors (Lipinski definition) is 0. The summed E-state index contributed by atoms with van der Waals surface area (Å²) in [5.74, 6) is 0.125. The fraction of sp³-hybridized carbons (Fsp3) is 0.125. The van der Waals surface area contributed by atoms with E-state index in [2.05, 4.69) is 22.5 Å². The van der Waals surface area contributed by atoms with Crippen LogP contribution in [0, 0.1) is 6.92 Å². The van der Waals surface area contributed by atoms with E-state index in [9.17, 15) is 4.79 Å². The SMILES string of the molecule is Cc1cncc(C(=O)Cc2csc3ccccc23)c1. The van der Waals surface area contributed by atoms with E-state index in [1.807, 2.05) is 25.1 Å². The van der Waals surface area contributed by atoms with Gasteiger partial charge in [0.05, 0.1) is 0 Å². The maximum atomic E-state index is 12.3. The average molecular weight is 267 g/mol. The van der Waals surface area contributed by atoms with Gasteiger partial charge >= 0.3 is 0 Å². The summed E-state index contributed by atoms with van der Waals surface area (Å²) in [6.45, 7) is 1.95. The number of carbonyl (C=O) groups is 1. The van der Waals surface area contributed by atoms with E-state index in [0.717, 1.165) is 11.1 Å². The normalized spacial score (nSPS) is 10.8. The third-order valence-corrected chi connectivity index (χ3v) is 4.12. The first-order valence-corrected chi connectivity index (χ1v) is 7.02. The molecule has 19 heavy (non-hydrogen) atoms. The summed E-state index contributed by atoms with van der Waals surface area (Å²) in [4.78, 5) is 16.4. The Hall–Kier alpha value is -2.00. The molecule has 0 spiro atoms. The van der Waals surface area contributed by atoms with Gasteiger partial charge in [0.25, 0.3) is 0 Å². The lowest BCUT2D eigenvalue weighted by molar-refractivity contribution is 0.0993. The Morgan fingerprint density at radius 1 is 1.26 bits per heavy atom. The molecule has 3 rings (SSSR count). The minimum Gasteiger partial charge on any atom is -0.294 e. The van der Waals surface area contributed by atoms with Gasteiger partial charge in [-0.1, -0.05) is 18.2 Å². The summed E-state index contributed by atoms with van der Waals surface area (Å²) >= 11 is 1.69. The van der Waals surface area contributed by atoms with Crippen LogP contribution in [0.4, 0.5) is 0 Å².